The van der Waals surface area contributed by atoms with E-state index in [9.17, 15) is 19.2 Å². The Morgan fingerprint density at radius 3 is 2.02 bits per heavy atom. The average Bonchev–Trinajstić information content (AvgIpc) is 3.78. The molecule has 4 atom stereocenters. The highest BCUT2D eigenvalue weighted by atomic mass is 16.5. The van der Waals surface area contributed by atoms with Crippen LogP contribution < -0.4 is 20.1 Å². The summed E-state index contributed by atoms with van der Waals surface area (Å²) in [4.78, 5) is 57.1. The van der Waals surface area contributed by atoms with Crippen molar-refractivity contribution in [2.24, 2.45) is 0 Å². The second kappa shape index (κ2) is 13.2. The number of benzene rings is 3. The fourth-order valence-electron chi connectivity index (χ4n) is 6.91. The second-order valence-electron chi connectivity index (χ2n) is 13.7. The summed E-state index contributed by atoms with van der Waals surface area (Å²) in [7, 11) is 0. The molecule has 4 amide bonds. The zero-order valence-electron chi connectivity index (χ0n) is 28.4. The van der Waals surface area contributed by atoms with E-state index in [-0.39, 0.29) is 35.1 Å². The first-order chi connectivity index (χ1) is 25.2. The molecule has 1 saturated carbocycles. The fraction of sp³-hybridized carbons (Fsp3) is 0.256. The Bertz CT molecular complexity index is 2120. The normalized spacial score (nSPS) is 21.4. The minimum absolute atomic E-state index is 0.00851. The van der Waals surface area contributed by atoms with Gasteiger partial charge in [-0.05, 0) is 72.5 Å². The van der Waals surface area contributed by atoms with Crippen LogP contribution in [0.5, 0.6) is 17.2 Å². The van der Waals surface area contributed by atoms with Crippen LogP contribution in [0.3, 0.4) is 0 Å². The van der Waals surface area contributed by atoms with Gasteiger partial charge in [0.1, 0.15) is 29.4 Å². The van der Waals surface area contributed by atoms with Gasteiger partial charge in [-0.2, -0.15) is 0 Å². The topological polar surface area (TPSA) is 158 Å². The van der Waals surface area contributed by atoms with Crippen molar-refractivity contribution in [1.82, 2.24) is 35.5 Å². The minimum Gasteiger partial charge on any atom is -0.489 e. The third-order valence-corrected chi connectivity index (χ3v) is 10.1. The number of ether oxygens (including phenoxy) is 2. The van der Waals surface area contributed by atoms with Crippen molar-refractivity contribution in [2.45, 2.75) is 62.8 Å². The van der Waals surface area contributed by atoms with Crippen molar-refractivity contribution >= 4 is 23.6 Å². The second-order valence-corrected chi connectivity index (χ2v) is 13.7. The summed E-state index contributed by atoms with van der Waals surface area (Å²) < 4.78 is 13.9. The molecule has 8 rings (SSSR count). The summed E-state index contributed by atoms with van der Waals surface area (Å²) in [6.07, 6.45) is 6.32. The number of rotatable bonds is 10. The molecule has 2 unspecified atom stereocenters. The number of hydrogen-bond donors (Lipinski definition) is 2. The van der Waals surface area contributed by atoms with Crippen LogP contribution in [0.2, 0.25) is 0 Å². The highest BCUT2D eigenvalue weighted by Gasteiger charge is 2.48. The van der Waals surface area contributed by atoms with E-state index in [1.54, 1.807) is 47.5 Å². The van der Waals surface area contributed by atoms with E-state index in [4.69, 9.17) is 9.47 Å². The zero-order valence-corrected chi connectivity index (χ0v) is 28.4. The van der Waals surface area contributed by atoms with E-state index < -0.39 is 35.7 Å². The first-order valence-corrected chi connectivity index (χ1v) is 17.1. The van der Waals surface area contributed by atoms with Crippen LogP contribution >= 0.6 is 0 Å². The van der Waals surface area contributed by atoms with Gasteiger partial charge in [-0.15, -0.1) is 5.10 Å². The van der Waals surface area contributed by atoms with E-state index in [2.05, 4.69) is 64.0 Å². The SMILES string of the molecule is CC(C)(c1ccc(Oc2ccc(-n3ccnn3)nc2)cc1)c1ccc(O[C@@H]2CC[C@H]2NC2CC(N3C(=O)c4ccccc4C3=O)C(=O)NC2=O)cc1. The van der Waals surface area contributed by atoms with Crippen molar-refractivity contribution in [3.8, 4) is 23.1 Å². The first kappa shape index (κ1) is 33.0. The maximum Gasteiger partial charge on any atom is 0.262 e. The molecule has 262 valence electrons. The Balaban J connectivity index is 0.872. The minimum atomic E-state index is -1.09. The Morgan fingerprint density at radius 1 is 0.788 bits per heavy atom. The summed E-state index contributed by atoms with van der Waals surface area (Å²) >= 11 is 0. The Hall–Kier alpha value is -6.21. The van der Waals surface area contributed by atoms with E-state index in [0.29, 0.717) is 23.1 Å². The van der Waals surface area contributed by atoms with Crippen molar-refractivity contribution in [2.75, 3.05) is 0 Å². The predicted octanol–water partition coefficient (Wildman–Crippen LogP) is 4.36. The third-order valence-electron chi connectivity index (χ3n) is 10.1. The molecule has 0 radical (unpaired) electrons. The number of aromatic nitrogens is 4. The van der Waals surface area contributed by atoms with Gasteiger partial charge in [0, 0.05) is 17.9 Å². The molecule has 2 fully saturated rings. The molecule has 1 saturated heterocycles. The summed E-state index contributed by atoms with van der Waals surface area (Å²) in [5.41, 5.74) is 2.42. The lowest BCUT2D eigenvalue weighted by Crippen LogP contribution is -2.65. The van der Waals surface area contributed by atoms with Gasteiger partial charge >= 0.3 is 0 Å². The number of carbonyl (C=O) groups excluding carboxylic acids is 4. The van der Waals surface area contributed by atoms with Crippen LogP contribution in [0.1, 0.15) is 65.0 Å². The Labute approximate surface area is 298 Å². The molecule has 4 heterocycles. The molecule has 13 nitrogen and oxygen atoms in total. The fourth-order valence-corrected chi connectivity index (χ4v) is 6.91. The van der Waals surface area contributed by atoms with Crippen LogP contribution in [0.25, 0.3) is 5.82 Å². The molecule has 5 aromatic rings. The summed E-state index contributed by atoms with van der Waals surface area (Å²) in [6, 6.07) is 24.1. The number of pyridine rings is 1. The van der Waals surface area contributed by atoms with Crippen molar-refractivity contribution in [3.63, 3.8) is 0 Å². The number of nitrogens with one attached hydrogen (secondary N) is 2. The van der Waals surface area contributed by atoms with Gasteiger partial charge in [0.2, 0.25) is 11.8 Å². The number of nitrogens with zero attached hydrogens (tertiary/aromatic N) is 5. The molecule has 2 N–H and O–H groups in total. The lowest BCUT2D eigenvalue weighted by Gasteiger charge is -2.41. The maximum atomic E-state index is 13.1. The first-order valence-electron chi connectivity index (χ1n) is 17.1. The molecule has 3 aliphatic rings. The molecular weight excluding hydrogens is 662 g/mol. The molecule has 3 aromatic carbocycles. The summed E-state index contributed by atoms with van der Waals surface area (Å²) in [5, 5.41) is 13.4. The van der Waals surface area contributed by atoms with Gasteiger partial charge < -0.3 is 9.47 Å². The highest BCUT2D eigenvalue weighted by molar-refractivity contribution is 6.23. The number of amides is 4. The summed E-state index contributed by atoms with van der Waals surface area (Å²) in [5.74, 6) is 0.451. The molecule has 2 aliphatic heterocycles. The third kappa shape index (κ3) is 6.08. The van der Waals surface area contributed by atoms with E-state index in [1.807, 2.05) is 36.4 Å². The van der Waals surface area contributed by atoms with Crippen LogP contribution in [-0.4, -0.2) is 72.7 Å². The molecule has 0 bridgehead atoms. The molecule has 0 spiro atoms. The molecule has 1 aliphatic carbocycles. The molecule has 2 aromatic heterocycles. The number of imide groups is 2. The van der Waals surface area contributed by atoms with Crippen molar-refractivity contribution in [3.05, 3.63) is 126 Å². The standard InChI is InChI=1S/C39H35N7O6/c1-39(2,23-7-11-25(12-8-23)51-27-15-18-34(40-22-27)45-20-19-41-44-45)24-9-13-26(14-10-24)52-33-17-16-30(33)42-31-21-32(36(48)43-35(31)47)46-37(49)28-5-3-4-6-29(28)38(46)50/h3-15,18-20,22,30-33,42H,16-17,21H2,1-2H3,(H,43,47,48)/t30-,31?,32?,33-/m1/s1. The zero-order chi connectivity index (χ0) is 36.0. The summed E-state index contributed by atoms with van der Waals surface area (Å²) in [6.45, 7) is 4.32. The van der Waals surface area contributed by atoms with E-state index in [1.165, 1.54) is 0 Å². The van der Waals surface area contributed by atoms with Crippen LogP contribution in [0.15, 0.2) is 104 Å². The van der Waals surface area contributed by atoms with Gasteiger partial charge in [-0.1, -0.05) is 55.5 Å². The lowest BCUT2D eigenvalue weighted by atomic mass is 9.78. The van der Waals surface area contributed by atoms with Gasteiger partial charge in [-0.3, -0.25) is 34.7 Å². The van der Waals surface area contributed by atoms with Crippen molar-refractivity contribution in [1.29, 1.82) is 0 Å². The smallest absolute Gasteiger partial charge is 0.262 e. The Kier molecular flexibility index (Phi) is 8.34. The number of fused-ring (bicyclic) bond motifs is 1. The van der Waals surface area contributed by atoms with Crippen molar-refractivity contribution < 1.29 is 28.7 Å². The monoisotopic (exact) mass is 697 g/mol. The van der Waals surface area contributed by atoms with Gasteiger partial charge in [0.25, 0.3) is 11.8 Å². The molecule has 13 heteroatoms. The van der Waals surface area contributed by atoms with Gasteiger partial charge in [-0.25, -0.2) is 9.67 Å². The largest absolute Gasteiger partial charge is 0.489 e. The van der Waals surface area contributed by atoms with E-state index in [0.717, 1.165) is 28.9 Å². The van der Waals surface area contributed by atoms with Crippen LogP contribution in [0.4, 0.5) is 0 Å². The average molecular weight is 698 g/mol. The van der Waals surface area contributed by atoms with Crippen LogP contribution in [0, 0.1) is 0 Å². The number of hydrogen-bond acceptors (Lipinski definition) is 10. The van der Waals surface area contributed by atoms with Gasteiger partial charge in [0.15, 0.2) is 5.82 Å². The predicted molar refractivity (Wildman–Crippen MR) is 187 cm³/mol. The highest BCUT2D eigenvalue weighted by Crippen LogP contribution is 2.35. The number of piperidine rings is 1. The van der Waals surface area contributed by atoms with Crippen LogP contribution in [-0.2, 0) is 15.0 Å². The lowest BCUT2D eigenvalue weighted by molar-refractivity contribution is -0.138. The maximum absolute atomic E-state index is 13.1. The Morgan fingerprint density at radius 2 is 1.44 bits per heavy atom. The quantitative estimate of drug-likeness (QED) is 0.201. The van der Waals surface area contributed by atoms with Gasteiger partial charge in [0.05, 0.1) is 35.8 Å². The van der Waals surface area contributed by atoms with E-state index >= 15 is 0 Å². The number of carbonyl (C=O) groups is 4. The molecular formula is C39H35N7O6. The molecule has 52 heavy (non-hydrogen) atoms.